The molecule has 12 nitrogen and oxygen atoms in total. The first-order chi connectivity index (χ1) is 12.9. The summed E-state index contributed by atoms with van der Waals surface area (Å²) in [6.07, 6.45) is 0. The van der Waals surface area contributed by atoms with Crippen LogP contribution in [0.25, 0.3) is 16.0 Å². The number of carbonyl (C=O) groups is 3. The molecule has 4 N–H and O–H groups in total. The molecule has 0 spiro atoms. The number of carbonyl (C=O) groups excluding carboxylic acids is 3. The van der Waals surface area contributed by atoms with E-state index in [-0.39, 0.29) is 39.1 Å². The van der Waals surface area contributed by atoms with Crippen LogP contribution < -0.4 is 5.11 Å². The minimum absolute atomic E-state index is 0. The van der Waals surface area contributed by atoms with Gasteiger partial charge in [-0.3, -0.25) is 0 Å². The third-order valence-corrected chi connectivity index (χ3v) is 2.10. The number of hydrogen-bond acceptors (Lipinski definition) is 6. The summed E-state index contributed by atoms with van der Waals surface area (Å²) in [4.78, 5) is 36.9. The zero-order valence-electron chi connectivity index (χ0n) is 18.5. The van der Waals surface area contributed by atoms with Crippen molar-refractivity contribution < 1.29 is 51.7 Å². The average Bonchev–Trinajstić information content (AvgIpc) is 2.61. The monoisotopic (exact) mass is 484 g/mol. The van der Waals surface area contributed by atoms with Crippen LogP contribution in [-0.2, 0) is 31.2 Å². The molecule has 3 amide bonds. The molecule has 0 radical (unpaired) electrons. The number of rotatable bonds is 2. The summed E-state index contributed by atoms with van der Waals surface area (Å²) in [5.74, 6) is -4.22. The molecule has 0 aliphatic heterocycles. The first-order valence-electron chi connectivity index (χ1n) is 7.89. The molecule has 176 valence electrons. The maximum atomic E-state index is 11.3. The summed E-state index contributed by atoms with van der Waals surface area (Å²) in [6.45, 7) is 1.43. The van der Waals surface area contributed by atoms with Crippen molar-refractivity contribution in [3.63, 3.8) is 0 Å². The summed E-state index contributed by atoms with van der Waals surface area (Å²) in [5.41, 5.74) is -0.0153. The van der Waals surface area contributed by atoms with Crippen molar-refractivity contribution in [1.82, 2.24) is 0 Å². The van der Waals surface area contributed by atoms with Crippen LogP contribution in [0.1, 0.15) is 6.92 Å². The second-order valence-corrected chi connectivity index (χ2v) is 6.29. The molecule has 0 saturated carbocycles. The van der Waals surface area contributed by atoms with E-state index in [0.717, 1.165) is 18.6 Å². The van der Waals surface area contributed by atoms with E-state index in [1.807, 2.05) is 0 Å². The van der Waals surface area contributed by atoms with E-state index in [2.05, 4.69) is 49.1 Å². The Bertz CT molecular complexity index is 738. The van der Waals surface area contributed by atoms with Crippen molar-refractivity contribution >= 4 is 35.0 Å². The summed E-state index contributed by atoms with van der Waals surface area (Å²) >= 11 is 0. The van der Waals surface area contributed by atoms with Gasteiger partial charge in [-0.1, -0.05) is 24.3 Å². The molecule has 0 aliphatic rings. The topological polar surface area (TPSA) is 216 Å². The van der Waals surface area contributed by atoms with Gasteiger partial charge in [0, 0.05) is 19.9 Å². The van der Waals surface area contributed by atoms with Crippen molar-refractivity contribution in [1.29, 1.82) is 5.26 Å². The van der Waals surface area contributed by atoms with E-state index in [1.54, 1.807) is 6.07 Å². The minimum atomic E-state index is -1.09. The van der Waals surface area contributed by atoms with Gasteiger partial charge in [-0.05, 0) is 0 Å². The first-order valence-corrected chi connectivity index (χ1v) is 7.89. The largest absolute Gasteiger partial charge is 3.00 e. The maximum absolute atomic E-state index is 11.3. The van der Waals surface area contributed by atoms with Gasteiger partial charge >= 0.3 is 16.8 Å². The minimum Gasteiger partial charge on any atom is -0.858 e. The van der Waals surface area contributed by atoms with Crippen molar-refractivity contribution in [2.45, 2.75) is 6.92 Å². The van der Waals surface area contributed by atoms with E-state index < -0.39 is 23.6 Å². The molecule has 0 atom stereocenters. The number of nitrogens with zero attached hydrogens (tertiary/aromatic N) is 6. The molecule has 1 rings (SSSR count). The molecule has 13 heteroatoms. The number of nitriles is 1. The van der Waals surface area contributed by atoms with Crippen LogP contribution in [0.4, 0.5) is 11.4 Å². The Kier molecular flexibility index (Phi) is 25.2. The Morgan fingerprint density at radius 3 is 1.58 bits per heavy atom. The molecule has 1 aromatic rings. The van der Waals surface area contributed by atoms with E-state index >= 15 is 0 Å². The van der Waals surface area contributed by atoms with Crippen LogP contribution in [0.2, 0.25) is 0 Å². The van der Waals surface area contributed by atoms with Crippen LogP contribution in [0, 0.1) is 11.3 Å². The van der Waals surface area contributed by atoms with Crippen LogP contribution >= 0.6 is 0 Å². The van der Waals surface area contributed by atoms with Crippen molar-refractivity contribution in [2.24, 2.45) is 4.99 Å². The summed E-state index contributed by atoms with van der Waals surface area (Å²) in [6, 6.07) is 7.57. The predicted octanol–water partition coefficient (Wildman–Crippen LogP) is -0.131. The van der Waals surface area contributed by atoms with Gasteiger partial charge in [-0.2, -0.15) is 5.26 Å². The molecule has 0 fully saturated rings. The Morgan fingerprint density at radius 1 is 0.968 bits per heavy atom. The fourth-order valence-corrected chi connectivity index (χ4v) is 1.16. The van der Waals surface area contributed by atoms with Gasteiger partial charge in [0.2, 0.25) is 0 Å². The zero-order valence-corrected chi connectivity index (χ0v) is 19.5. The number of benzene rings is 1. The third kappa shape index (κ3) is 21.5. The van der Waals surface area contributed by atoms with Crippen LogP contribution in [0.15, 0.2) is 29.3 Å². The van der Waals surface area contributed by atoms with E-state index in [1.165, 1.54) is 31.2 Å². The number of likely N-dealkylation sites (N-methyl/N-ethyl adjacent to an activating group) is 1. The number of hydrogen-bond donors (Lipinski definition) is 0. The van der Waals surface area contributed by atoms with E-state index in [0.29, 0.717) is 0 Å². The summed E-state index contributed by atoms with van der Waals surface area (Å²) in [7, 11) is 10.8. The molecular weight excluding hydrogens is 455 g/mol. The van der Waals surface area contributed by atoms with Gasteiger partial charge < -0.3 is 55.9 Å². The van der Waals surface area contributed by atoms with E-state index in [4.69, 9.17) is 5.26 Å². The van der Waals surface area contributed by atoms with Crippen molar-refractivity contribution in [3.8, 4) is 6.07 Å². The zero-order chi connectivity index (χ0) is 22.3. The molecule has 0 aromatic heterocycles. The molecule has 0 unspecified atom stereocenters. The van der Waals surface area contributed by atoms with Crippen LogP contribution in [-0.4, -0.2) is 81.3 Å². The van der Waals surface area contributed by atoms with Gasteiger partial charge in [-0.15, -0.1) is 18.4 Å². The average molecular weight is 484 g/mol. The van der Waals surface area contributed by atoms with Gasteiger partial charge in [-0.25, -0.2) is 0 Å². The molecule has 0 heterocycles. The Balaban J connectivity index is -0.000000177. The number of quaternary nitrogens is 1. The maximum Gasteiger partial charge on any atom is 3.00 e. The number of para-hydroxylation sites is 2. The fourth-order valence-electron chi connectivity index (χ4n) is 1.16. The molecular formula is C18H29CoN6O6. The van der Waals surface area contributed by atoms with Gasteiger partial charge in [0.1, 0.15) is 5.91 Å². The standard InChI is InChI=1S/C12H14N4O4.C4H12N.C2H3N.Co.2H2O/c1-13-9(17)11(19)15-7-5-3-4-6-8(7)16-12(20)10(18)14-2;1-5(2,3)4;1-2-3;;;/h3-6H,1-2H3,(H4,13,14,15,16,17,18,19,20);1-4H3;1H3;;2*1H2/q;+1;;+3;;/p-4. The van der Waals surface area contributed by atoms with Crippen LogP contribution in [0.3, 0.4) is 0 Å². The summed E-state index contributed by atoms with van der Waals surface area (Å²) < 4.78 is 1.00. The van der Waals surface area contributed by atoms with Crippen molar-refractivity contribution in [2.75, 3.05) is 42.3 Å². The predicted molar refractivity (Wildman–Crippen MR) is 113 cm³/mol. The van der Waals surface area contributed by atoms with Crippen molar-refractivity contribution in [3.05, 3.63) is 40.2 Å². The molecule has 0 saturated heterocycles. The quantitative estimate of drug-likeness (QED) is 0.242. The summed E-state index contributed by atoms with van der Waals surface area (Å²) in [5, 5.41) is 28.5. The van der Waals surface area contributed by atoms with Gasteiger partial charge in [0.05, 0.1) is 46.1 Å². The van der Waals surface area contributed by atoms with Crippen LogP contribution in [0.5, 0.6) is 0 Å². The number of aliphatic imine (C=N–C) groups is 1. The fraction of sp³-hybridized carbons (Fsp3) is 0.389. The normalized spacial score (nSPS) is 9.03. The Hall–Kier alpha value is -3.02. The Morgan fingerprint density at radius 2 is 1.29 bits per heavy atom. The van der Waals surface area contributed by atoms with E-state index in [9.17, 15) is 19.5 Å². The van der Waals surface area contributed by atoms with Gasteiger partial charge in [0.25, 0.3) is 0 Å². The number of amides is 3. The molecule has 0 aliphatic carbocycles. The second-order valence-electron chi connectivity index (χ2n) is 6.29. The SMILES string of the molecule is CC#N.CN=C([O-])C(=O)[N-]c1ccccc1[N-]C(=O)C(=O)[N-]C.C[N+](C)(C)C.O.O.[Co+3]. The first kappa shape index (κ1) is 38.6. The third-order valence-electron chi connectivity index (χ3n) is 2.10. The van der Waals surface area contributed by atoms with Gasteiger partial charge in [0.15, 0.2) is 0 Å². The second kappa shape index (κ2) is 20.3. The molecule has 31 heavy (non-hydrogen) atoms. The smallest absolute Gasteiger partial charge is 0.858 e. The molecule has 0 bridgehead atoms. The molecule has 1 aromatic carbocycles. The Labute approximate surface area is 192 Å².